The van der Waals surface area contributed by atoms with Gasteiger partial charge in [-0.05, 0) is 24.1 Å². The number of ether oxygens (including phenoxy) is 4. The van der Waals surface area contributed by atoms with E-state index in [0.29, 0.717) is 5.56 Å². The molecule has 1 aromatic carbocycles. The van der Waals surface area contributed by atoms with Crippen LogP contribution in [0.5, 0.6) is 11.5 Å². The molecular weight excluding hydrogens is 530 g/mol. The number of carbonyl (C=O) groups excluding carboxylic acids is 2. The Kier molecular flexibility index (Phi) is 8.83. The number of hydrogen-bond donors (Lipinski definition) is 6. The molecular formula is C27H33NO12. The first-order chi connectivity index (χ1) is 19.0. The van der Waals surface area contributed by atoms with Crippen molar-refractivity contribution in [3.8, 4) is 11.5 Å². The van der Waals surface area contributed by atoms with Gasteiger partial charge in [-0.3, -0.25) is 4.79 Å². The van der Waals surface area contributed by atoms with E-state index in [1.54, 1.807) is 12.1 Å². The summed E-state index contributed by atoms with van der Waals surface area (Å²) in [6.07, 6.45) is -3.29. The predicted molar refractivity (Wildman–Crippen MR) is 136 cm³/mol. The zero-order valence-electron chi connectivity index (χ0n) is 21.9. The van der Waals surface area contributed by atoms with Crippen molar-refractivity contribution in [2.45, 2.75) is 56.4 Å². The van der Waals surface area contributed by atoms with Gasteiger partial charge in [0.2, 0.25) is 12.2 Å². The van der Waals surface area contributed by atoms with Crippen molar-refractivity contribution in [2.75, 3.05) is 13.7 Å². The zero-order valence-corrected chi connectivity index (χ0v) is 21.9. The molecule has 3 aliphatic heterocycles. The Bertz CT molecular complexity index is 1200. The maximum Gasteiger partial charge on any atom is 0.337 e. The highest BCUT2D eigenvalue weighted by Gasteiger charge is 2.48. The molecule has 0 aliphatic carbocycles. The number of aliphatic hydroxyl groups excluding tert-OH is 4. The lowest BCUT2D eigenvalue weighted by Gasteiger charge is -2.44. The minimum atomic E-state index is -1.71. The van der Waals surface area contributed by atoms with Crippen LogP contribution in [-0.2, 0) is 28.5 Å². The Morgan fingerprint density at radius 3 is 2.48 bits per heavy atom. The molecule has 0 radical (unpaired) electrons. The molecule has 40 heavy (non-hydrogen) atoms. The summed E-state index contributed by atoms with van der Waals surface area (Å²) < 4.78 is 21.9. The molecule has 13 heteroatoms. The number of hydrogen-bond acceptors (Lipinski definition) is 12. The van der Waals surface area contributed by atoms with Crippen molar-refractivity contribution in [1.29, 1.82) is 0 Å². The van der Waals surface area contributed by atoms with Crippen molar-refractivity contribution in [1.82, 2.24) is 4.90 Å². The topological polar surface area (TPSA) is 196 Å². The molecule has 1 fully saturated rings. The Morgan fingerprint density at radius 1 is 1.12 bits per heavy atom. The van der Waals surface area contributed by atoms with Gasteiger partial charge < -0.3 is 54.5 Å². The number of benzene rings is 1. The molecule has 1 amide bonds. The van der Waals surface area contributed by atoms with E-state index in [1.807, 2.05) is 0 Å². The highest BCUT2D eigenvalue weighted by atomic mass is 16.8. The van der Waals surface area contributed by atoms with Gasteiger partial charge >= 0.3 is 5.97 Å². The molecule has 1 saturated heterocycles. The fourth-order valence-electron chi connectivity index (χ4n) is 5.33. The van der Waals surface area contributed by atoms with Crippen LogP contribution in [0.25, 0.3) is 6.08 Å². The standard InChI is InChI=1S/C27H33NO12/c1-4-14-15(9-17-20-13(5-6-18(31)21(20)32)7-8-28(17)12(2)30)16(25(36)37-3)11-38-26(14)40-27-24(35)23(34)22(33)19(10-29)39-27/h4-8,11,14-15,17,19,22-24,26-27,29,31-35H,1,9-10H2,2-3H3/t14-,15+,17+,19+,22-,23+,24-,26+,27+/m1/s1. The van der Waals surface area contributed by atoms with Gasteiger partial charge in [-0.15, -0.1) is 6.58 Å². The second kappa shape index (κ2) is 12.0. The monoisotopic (exact) mass is 563 g/mol. The van der Waals surface area contributed by atoms with Gasteiger partial charge in [0.25, 0.3) is 0 Å². The second-order valence-electron chi connectivity index (χ2n) is 9.75. The first-order valence-corrected chi connectivity index (χ1v) is 12.6. The van der Waals surface area contributed by atoms with E-state index >= 15 is 0 Å². The van der Waals surface area contributed by atoms with Crippen molar-refractivity contribution >= 4 is 18.0 Å². The summed E-state index contributed by atoms with van der Waals surface area (Å²) in [4.78, 5) is 26.8. The molecule has 1 aromatic rings. The maximum absolute atomic E-state index is 12.8. The van der Waals surface area contributed by atoms with Crippen molar-refractivity contribution < 1.29 is 59.2 Å². The van der Waals surface area contributed by atoms with Gasteiger partial charge in [-0.1, -0.05) is 12.1 Å². The van der Waals surface area contributed by atoms with Crippen LogP contribution in [-0.4, -0.2) is 98.1 Å². The van der Waals surface area contributed by atoms with Crippen molar-refractivity contribution in [2.24, 2.45) is 11.8 Å². The number of carbonyl (C=O) groups is 2. The summed E-state index contributed by atoms with van der Waals surface area (Å²) in [5.74, 6) is -3.55. The van der Waals surface area contributed by atoms with Crippen LogP contribution in [0, 0.1) is 11.8 Å². The lowest BCUT2D eigenvalue weighted by atomic mass is 9.77. The summed E-state index contributed by atoms with van der Waals surface area (Å²) in [7, 11) is 1.18. The summed E-state index contributed by atoms with van der Waals surface area (Å²) in [6.45, 7) is 4.51. The highest BCUT2D eigenvalue weighted by molar-refractivity contribution is 5.89. The van der Waals surface area contributed by atoms with Crippen LogP contribution < -0.4 is 0 Å². The van der Waals surface area contributed by atoms with Gasteiger partial charge in [-0.25, -0.2) is 4.79 Å². The zero-order chi connectivity index (χ0) is 29.3. The largest absolute Gasteiger partial charge is 0.504 e. The van der Waals surface area contributed by atoms with Crippen LogP contribution >= 0.6 is 0 Å². The van der Waals surface area contributed by atoms with Crippen LogP contribution in [0.2, 0.25) is 0 Å². The molecule has 0 spiro atoms. The Balaban J connectivity index is 1.71. The third kappa shape index (κ3) is 5.31. The number of aliphatic hydroxyl groups is 4. The molecule has 13 nitrogen and oxygen atoms in total. The van der Waals surface area contributed by atoms with E-state index < -0.39 is 73.2 Å². The highest BCUT2D eigenvalue weighted by Crippen LogP contribution is 2.47. The summed E-state index contributed by atoms with van der Waals surface area (Å²) in [5, 5.41) is 61.2. The quantitative estimate of drug-likeness (QED) is 0.148. The van der Waals surface area contributed by atoms with Crippen molar-refractivity contribution in [3.63, 3.8) is 0 Å². The van der Waals surface area contributed by atoms with Gasteiger partial charge in [0.15, 0.2) is 17.8 Å². The first-order valence-electron chi connectivity index (χ1n) is 12.6. The van der Waals surface area contributed by atoms with Crippen LogP contribution in [0.3, 0.4) is 0 Å². The molecule has 6 N–H and O–H groups in total. The van der Waals surface area contributed by atoms with Gasteiger partial charge in [-0.2, -0.15) is 0 Å². The summed E-state index contributed by atoms with van der Waals surface area (Å²) in [6, 6.07) is 2.06. The summed E-state index contributed by atoms with van der Waals surface area (Å²) >= 11 is 0. The van der Waals surface area contributed by atoms with E-state index in [9.17, 15) is 40.2 Å². The molecule has 4 rings (SSSR count). The number of aromatic hydroxyl groups is 2. The molecule has 0 bridgehead atoms. The third-order valence-electron chi connectivity index (χ3n) is 7.47. The summed E-state index contributed by atoms with van der Waals surface area (Å²) in [5.41, 5.74) is 0.889. The molecule has 0 aromatic heterocycles. The fraction of sp³-hybridized carbons (Fsp3) is 0.481. The number of esters is 1. The molecule has 218 valence electrons. The SMILES string of the molecule is C=C[C@H]1[C@H](O[C@@H]2O[C@@H](CO)[C@@H](O)[C@H](O)[C@H]2O)OC=C(C(=O)OC)[C@H]1C[C@H]1c2c(ccc(O)c2O)C=CN1C(C)=O. The Morgan fingerprint density at radius 2 is 1.85 bits per heavy atom. The molecule has 3 aliphatic rings. The van der Waals surface area contributed by atoms with Gasteiger partial charge in [0, 0.05) is 30.5 Å². The number of phenols is 2. The third-order valence-corrected chi connectivity index (χ3v) is 7.47. The van der Waals surface area contributed by atoms with Crippen LogP contribution in [0.15, 0.2) is 42.8 Å². The lowest BCUT2D eigenvalue weighted by Crippen LogP contribution is -2.60. The number of amides is 1. The average Bonchev–Trinajstić information content (AvgIpc) is 2.94. The second-order valence-corrected chi connectivity index (χ2v) is 9.75. The van der Waals surface area contributed by atoms with Crippen molar-refractivity contribution in [3.05, 3.63) is 53.9 Å². The average molecular weight is 564 g/mol. The van der Waals surface area contributed by atoms with E-state index in [4.69, 9.17) is 18.9 Å². The number of phenolic OH excluding ortho intramolecular Hbond substituents is 2. The Hall–Kier alpha value is -3.46. The molecule has 0 saturated carbocycles. The molecule has 0 unspecified atom stereocenters. The van der Waals surface area contributed by atoms with Crippen LogP contribution in [0.4, 0.5) is 0 Å². The van der Waals surface area contributed by atoms with Gasteiger partial charge in [0.1, 0.15) is 24.4 Å². The first kappa shape index (κ1) is 29.5. The predicted octanol–water partition coefficient (Wildman–Crippen LogP) is 0.00990. The maximum atomic E-state index is 12.8. The lowest BCUT2D eigenvalue weighted by molar-refractivity contribution is -0.339. The van der Waals surface area contributed by atoms with E-state index in [0.717, 1.165) is 6.26 Å². The number of methoxy groups -OCH3 is 1. The number of nitrogens with zero attached hydrogens (tertiary/aromatic N) is 1. The van der Waals surface area contributed by atoms with E-state index in [-0.39, 0.29) is 29.2 Å². The number of fused-ring (bicyclic) bond motifs is 1. The minimum absolute atomic E-state index is 0.00343. The van der Waals surface area contributed by atoms with E-state index in [1.165, 1.54) is 37.3 Å². The molecule has 9 atom stereocenters. The van der Waals surface area contributed by atoms with E-state index in [2.05, 4.69) is 6.58 Å². The smallest absolute Gasteiger partial charge is 0.337 e. The fourth-order valence-corrected chi connectivity index (χ4v) is 5.33. The van der Waals surface area contributed by atoms with Gasteiger partial charge in [0.05, 0.1) is 31.6 Å². The van der Waals surface area contributed by atoms with Crippen LogP contribution in [0.1, 0.15) is 30.5 Å². The normalized spacial score (nSPS) is 33.4. The molecule has 3 heterocycles. The number of rotatable bonds is 7. The Labute approximate surface area is 229 Å². The minimum Gasteiger partial charge on any atom is -0.504 e.